The summed E-state index contributed by atoms with van der Waals surface area (Å²) in [5, 5.41) is 9.34. The van der Waals surface area contributed by atoms with Crippen LogP contribution in [0.1, 0.15) is 17.3 Å². The van der Waals surface area contributed by atoms with Crippen LogP contribution in [-0.2, 0) is 0 Å². The minimum atomic E-state index is -0.364. The molecule has 0 aliphatic carbocycles. The Morgan fingerprint density at radius 3 is 2.52 bits per heavy atom. The molecule has 110 valence electrons. The van der Waals surface area contributed by atoms with Crippen molar-refractivity contribution < 1.29 is 19.9 Å². The Morgan fingerprint density at radius 2 is 1.95 bits per heavy atom. The summed E-state index contributed by atoms with van der Waals surface area (Å²) in [6, 6.07) is 10.3. The van der Waals surface area contributed by atoms with Crippen LogP contribution in [0, 0.1) is 5.82 Å². The van der Waals surface area contributed by atoms with Gasteiger partial charge in [-0.15, -0.1) is 0 Å². The Kier molecular flexibility index (Phi) is 4.90. The van der Waals surface area contributed by atoms with Crippen LogP contribution in [-0.4, -0.2) is 17.7 Å². The molecule has 6 heteroatoms. The van der Waals surface area contributed by atoms with Gasteiger partial charge in [0.05, 0.1) is 10.6 Å². The molecule has 4 nitrogen and oxygen atoms in total. The van der Waals surface area contributed by atoms with E-state index in [1.807, 2.05) is 6.92 Å². The smallest absolute Gasteiger partial charge is 0.260 e. The monoisotopic (exact) mass is 309 g/mol. The van der Waals surface area contributed by atoms with E-state index in [1.165, 1.54) is 35.2 Å². The molecule has 2 aromatic rings. The summed E-state index contributed by atoms with van der Waals surface area (Å²) in [6.45, 7) is 2.23. The first-order valence-corrected chi connectivity index (χ1v) is 6.79. The lowest BCUT2D eigenvalue weighted by Gasteiger charge is -2.21. The molecule has 0 aliphatic rings. The van der Waals surface area contributed by atoms with E-state index in [9.17, 15) is 9.18 Å². The summed E-state index contributed by atoms with van der Waals surface area (Å²) in [7, 11) is 0. The Balaban J connectivity index is 2.38. The molecular formula is C15H15ClFN2O2+. The van der Waals surface area contributed by atoms with Gasteiger partial charge in [-0.25, -0.2) is 9.60 Å². The summed E-state index contributed by atoms with van der Waals surface area (Å²) in [5.41, 5.74) is 2.25. The van der Waals surface area contributed by atoms with Gasteiger partial charge in [0.2, 0.25) is 0 Å². The second kappa shape index (κ2) is 6.67. The van der Waals surface area contributed by atoms with E-state index in [4.69, 9.17) is 16.8 Å². The molecule has 0 aliphatic heterocycles. The Morgan fingerprint density at radius 1 is 1.29 bits per heavy atom. The number of hydrogen-bond acceptors (Lipinski definition) is 2. The zero-order valence-electron chi connectivity index (χ0n) is 11.4. The molecule has 2 aromatic carbocycles. The lowest BCUT2D eigenvalue weighted by Crippen LogP contribution is -2.73. The van der Waals surface area contributed by atoms with Crippen LogP contribution in [0.3, 0.4) is 0 Å². The molecule has 2 rings (SSSR count). The van der Waals surface area contributed by atoms with Gasteiger partial charge >= 0.3 is 0 Å². The maximum absolute atomic E-state index is 13.0. The predicted molar refractivity (Wildman–Crippen MR) is 78.6 cm³/mol. The third-order valence-corrected chi connectivity index (χ3v) is 3.40. The normalized spacial score (nSPS) is 10.5. The first-order valence-electron chi connectivity index (χ1n) is 6.41. The standard InChI is InChI=1S/C15H14ClFN2O2/c1-2-19(12-6-3-10(17)4-7-12)15(20)13-9-11(18-21)5-8-14(13)16/h3-9,18,21H,2H2,1H3/p+1. The highest BCUT2D eigenvalue weighted by Gasteiger charge is 2.20. The van der Waals surface area contributed by atoms with Gasteiger partial charge in [-0.3, -0.25) is 4.79 Å². The van der Waals surface area contributed by atoms with Gasteiger partial charge in [0, 0.05) is 24.4 Å². The molecule has 1 amide bonds. The highest BCUT2D eigenvalue weighted by Crippen LogP contribution is 2.23. The first-order chi connectivity index (χ1) is 10.1. The van der Waals surface area contributed by atoms with Crippen molar-refractivity contribution in [2.45, 2.75) is 6.92 Å². The maximum Gasteiger partial charge on any atom is 0.260 e. The predicted octanol–water partition coefficient (Wildman–Crippen LogP) is 2.73. The van der Waals surface area contributed by atoms with Gasteiger partial charge in [0.25, 0.3) is 5.91 Å². The Hall–Kier alpha value is -1.95. The Bertz CT molecular complexity index is 647. The van der Waals surface area contributed by atoms with Crippen molar-refractivity contribution >= 4 is 28.9 Å². The number of benzene rings is 2. The third kappa shape index (κ3) is 3.39. The van der Waals surface area contributed by atoms with Crippen LogP contribution in [0.4, 0.5) is 15.8 Å². The highest BCUT2D eigenvalue weighted by atomic mass is 35.5. The number of halogens is 2. The lowest BCUT2D eigenvalue weighted by atomic mass is 10.1. The lowest BCUT2D eigenvalue weighted by molar-refractivity contribution is -0.825. The van der Waals surface area contributed by atoms with Crippen LogP contribution in [0.5, 0.6) is 0 Å². The SMILES string of the molecule is CCN(C(=O)c1cc([NH2+]O)ccc1Cl)c1ccc(F)cc1. The van der Waals surface area contributed by atoms with Crippen molar-refractivity contribution in [2.24, 2.45) is 0 Å². The number of anilines is 1. The fourth-order valence-corrected chi connectivity index (χ4v) is 2.20. The Labute approximate surface area is 126 Å². The molecule has 0 atom stereocenters. The fourth-order valence-electron chi connectivity index (χ4n) is 2.00. The first kappa shape index (κ1) is 15.4. The van der Waals surface area contributed by atoms with Crippen molar-refractivity contribution in [1.29, 1.82) is 0 Å². The maximum atomic E-state index is 13.0. The van der Waals surface area contributed by atoms with Crippen LogP contribution >= 0.6 is 11.6 Å². The number of hydrogen-bond donors (Lipinski definition) is 2. The van der Waals surface area contributed by atoms with Crippen molar-refractivity contribution in [1.82, 2.24) is 0 Å². The molecule has 0 bridgehead atoms. The summed E-state index contributed by atoms with van der Waals surface area (Å²) >= 11 is 6.06. The van der Waals surface area contributed by atoms with Crippen molar-refractivity contribution in [2.75, 3.05) is 11.4 Å². The highest BCUT2D eigenvalue weighted by molar-refractivity contribution is 6.34. The van der Waals surface area contributed by atoms with Crippen molar-refractivity contribution in [3.05, 3.63) is 58.9 Å². The van der Waals surface area contributed by atoms with E-state index in [2.05, 4.69) is 0 Å². The van der Waals surface area contributed by atoms with Gasteiger partial charge in [0.15, 0.2) is 5.69 Å². The number of quaternary nitrogens is 1. The molecular weight excluding hydrogens is 295 g/mol. The van der Waals surface area contributed by atoms with E-state index < -0.39 is 0 Å². The second-order valence-electron chi connectivity index (χ2n) is 4.39. The topological polar surface area (TPSA) is 57.2 Å². The van der Waals surface area contributed by atoms with E-state index in [-0.39, 0.29) is 17.3 Å². The zero-order chi connectivity index (χ0) is 15.4. The minimum absolute atomic E-state index is 0.283. The minimum Gasteiger partial charge on any atom is -0.309 e. The molecule has 0 radical (unpaired) electrons. The van der Waals surface area contributed by atoms with Gasteiger partial charge in [-0.1, -0.05) is 11.6 Å². The summed E-state index contributed by atoms with van der Waals surface area (Å²) in [5.74, 6) is -0.671. The molecule has 3 N–H and O–H groups in total. The van der Waals surface area contributed by atoms with Crippen molar-refractivity contribution in [3.63, 3.8) is 0 Å². The molecule has 0 fully saturated rings. The third-order valence-electron chi connectivity index (χ3n) is 3.07. The number of nitrogens with two attached hydrogens (primary N) is 1. The largest absolute Gasteiger partial charge is 0.309 e. The average Bonchev–Trinajstić information content (AvgIpc) is 2.50. The van der Waals surface area contributed by atoms with Crippen LogP contribution in [0.2, 0.25) is 5.02 Å². The quantitative estimate of drug-likeness (QED) is 0.674. The molecule has 0 aromatic heterocycles. The van der Waals surface area contributed by atoms with Crippen LogP contribution < -0.4 is 10.4 Å². The van der Waals surface area contributed by atoms with Crippen molar-refractivity contribution in [3.8, 4) is 0 Å². The van der Waals surface area contributed by atoms with Gasteiger partial charge in [-0.05, 0) is 37.3 Å². The number of rotatable bonds is 4. The number of carbonyl (C=O) groups is 1. The molecule has 0 unspecified atom stereocenters. The zero-order valence-corrected chi connectivity index (χ0v) is 12.1. The number of amides is 1. The molecule has 0 spiro atoms. The molecule has 21 heavy (non-hydrogen) atoms. The molecule has 0 heterocycles. The summed E-state index contributed by atoms with van der Waals surface area (Å²) in [6.07, 6.45) is 0. The molecule has 0 saturated heterocycles. The van der Waals surface area contributed by atoms with Gasteiger partial charge < -0.3 is 4.90 Å². The van der Waals surface area contributed by atoms with E-state index in [0.29, 0.717) is 22.9 Å². The summed E-state index contributed by atoms with van der Waals surface area (Å²) < 4.78 is 13.0. The summed E-state index contributed by atoms with van der Waals surface area (Å²) in [4.78, 5) is 14.1. The average molecular weight is 310 g/mol. The van der Waals surface area contributed by atoms with Crippen LogP contribution in [0.15, 0.2) is 42.5 Å². The van der Waals surface area contributed by atoms with E-state index in [0.717, 1.165) is 5.48 Å². The van der Waals surface area contributed by atoms with Gasteiger partial charge in [-0.2, -0.15) is 5.48 Å². The van der Waals surface area contributed by atoms with Gasteiger partial charge in [0.1, 0.15) is 5.82 Å². The number of carbonyl (C=O) groups excluding carboxylic acids is 1. The molecule has 0 saturated carbocycles. The van der Waals surface area contributed by atoms with E-state index in [1.54, 1.807) is 12.1 Å². The fraction of sp³-hybridized carbons (Fsp3) is 0.133. The second-order valence-corrected chi connectivity index (χ2v) is 4.80. The van der Waals surface area contributed by atoms with Crippen LogP contribution in [0.25, 0.3) is 0 Å². The van der Waals surface area contributed by atoms with E-state index >= 15 is 0 Å². The number of nitrogens with zero attached hydrogens (tertiary/aromatic N) is 1.